The SMILES string of the molecule is CC1Sc2ccc(Nc3ncc(F)c(Nc4cccc(O)c4)n3)cc2NC1=O. The number of nitrogens with one attached hydrogen (secondary N) is 3. The predicted molar refractivity (Wildman–Crippen MR) is 107 cm³/mol. The van der Waals surface area contributed by atoms with Crippen LogP contribution in [-0.4, -0.2) is 26.2 Å². The van der Waals surface area contributed by atoms with E-state index in [0.29, 0.717) is 17.1 Å². The van der Waals surface area contributed by atoms with Gasteiger partial charge in [0.2, 0.25) is 11.9 Å². The third kappa shape index (κ3) is 3.84. The lowest BCUT2D eigenvalue weighted by molar-refractivity contribution is -0.115. The van der Waals surface area contributed by atoms with E-state index < -0.39 is 5.82 Å². The van der Waals surface area contributed by atoms with Crippen LogP contribution in [0.1, 0.15) is 6.92 Å². The largest absolute Gasteiger partial charge is 0.508 e. The molecule has 1 aromatic heterocycles. The van der Waals surface area contributed by atoms with Crippen LogP contribution in [0.25, 0.3) is 0 Å². The number of hydrogen-bond donors (Lipinski definition) is 4. The van der Waals surface area contributed by atoms with Crippen molar-refractivity contribution in [1.29, 1.82) is 0 Å². The quantitative estimate of drug-likeness (QED) is 0.522. The third-order valence-corrected chi connectivity index (χ3v) is 5.20. The molecule has 0 bridgehead atoms. The smallest absolute Gasteiger partial charge is 0.237 e. The highest BCUT2D eigenvalue weighted by atomic mass is 32.2. The van der Waals surface area contributed by atoms with Crippen LogP contribution in [0.5, 0.6) is 5.75 Å². The van der Waals surface area contributed by atoms with Gasteiger partial charge in [0.1, 0.15) is 5.75 Å². The van der Waals surface area contributed by atoms with Crippen molar-refractivity contribution in [3.8, 4) is 5.75 Å². The second kappa shape index (κ2) is 7.35. The van der Waals surface area contributed by atoms with E-state index in [2.05, 4.69) is 25.9 Å². The van der Waals surface area contributed by atoms with Crippen LogP contribution in [0.2, 0.25) is 0 Å². The summed E-state index contributed by atoms with van der Waals surface area (Å²) < 4.78 is 14.1. The maximum absolute atomic E-state index is 14.1. The van der Waals surface area contributed by atoms with Gasteiger partial charge in [0.15, 0.2) is 11.6 Å². The monoisotopic (exact) mass is 397 g/mol. The Bertz CT molecular complexity index is 1060. The minimum atomic E-state index is -0.628. The van der Waals surface area contributed by atoms with Gasteiger partial charge in [-0.3, -0.25) is 4.79 Å². The summed E-state index contributed by atoms with van der Waals surface area (Å²) in [6.07, 6.45) is 1.05. The number of phenols is 1. The second-order valence-corrected chi connectivity index (χ2v) is 7.53. The Labute approximate surface area is 164 Å². The third-order valence-electron chi connectivity index (χ3n) is 4.02. The van der Waals surface area contributed by atoms with Gasteiger partial charge in [-0.25, -0.2) is 9.37 Å². The Kier molecular flexibility index (Phi) is 4.74. The average Bonchev–Trinajstić information content (AvgIpc) is 2.66. The molecule has 1 aliphatic heterocycles. The van der Waals surface area contributed by atoms with Crippen LogP contribution in [0, 0.1) is 5.82 Å². The topological polar surface area (TPSA) is 99.2 Å². The van der Waals surface area contributed by atoms with Crippen molar-refractivity contribution in [2.75, 3.05) is 16.0 Å². The number of aromatic nitrogens is 2. The molecule has 7 nitrogen and oxygen atoms in total. The van der Waals surface area contributed by atoms with Crippen molar-refractivity contribution in [3.63, 3.8) is 0 Å². The first-order valence-corrected chi connectivity index (χ1v) is 9.33. The summed E-state index contributed by atoms with van der Waals surface area (Å²) in [6.45, 7) is 1.85. The molecule has 142 valence electrons. The van der Waals surface area contributed by atoms with Crippen LogP contribution in [0.15, 0.2) is 53.6 Å². The minimum Gasteiger partial charge on any atom is -0.508 e. The fraction of sp³-hybridized carbons (Fsp3) is 0.105. The molecular weight excluding hydrogens is 381 g/mol. The Morgan fingerprint density at radius 3 is 2.82 bits per heavy atom. The molecule has 9 heteroatoms. The number of aromatic hydroxyl groups is 1. The zero-order valence-corrected chi connectivity index (χ0v) is 15.5. The molecule has 1 amide bonds. The van der Waals surface area contributed by atoms with Gasteiger partial charge in [0, 0.05) is 22.3 Å². The lowest BCUT2D eigenvalue weighted by Gasteiger charge is -2.22. The lowest BCUT2D eigenvalue weighted by Crippen LogP contribution is -2.26. The number of thioether (sulfide) groups is 1. The normalized spacial score (nSPS) is 15.5. The lowest BCUT2D eigenvalue weighted by atomic mass is 10.2. The molecular formula is C19H16FN5O2S. The van der Waals surface area contributed by atoms with Crippen molar-refractivity contribution < 1.29 is 14.3 Å². The molecule has 1 unspecified atom stereocenters. The first-order chi connectivity index (χ1) is 13.5. The average molecular weight is 397 g/mol. The molecule has 3 aromatic rings. The summed E-state index contributed by atoms with van der Waals surface area (Å²) in [5.74, 6) is -0.464. The fourth-order valence-electron chi connectivity index (χ4n) is 2.65. The van der Waals surface area contributed by atoms with Crippen LogP contribution < -0.4 is 16.0 Å². The summed E-state index contributed by atoms with van der Waals surface area (Å²) in [6, 6.07) is 11.8. The molecule has 0 aliphatic carbocycles. The first kappa shape index (κ1) is 18.1. The Morgan fingerprint density at radius 2 is 2.00 bits per heavy atom. The molecule has 0 radical (unpaired) electrons. The van der Waals surface area contributed by atoms with Gasteiger partial charge in [-0.1, -0.05) is 6.07 Å². The number of carbonyl (C=O) groups excluding carboxylic acids is 1. The molecule has 1 aliphatic rings. The highest BCUT2D eigenvalue weighted by molar-refractivity contribution is 8.00. The number of benzene rings is 2. The van der Waals surface area contributed by atoms with Gasteiger partial charge in [-0.2, -0.15) is 4.98 Å². The Morgan fingerprint density at radius 1 is 1.18 bits per heavy atom. The van der Waals surface area contributed by atoms with E-state index in [1.54, 1.807) is 18.2 Å². The molecule has 2 aromatic carbocycles. The Hall–Kier alpha value is -3.33. The van der Waals surface area contributed by atoms with Crippen LogP contribution in [-0.2, 0) is 4.79 Å². The summed E-state index contributed by atoms with van der Waals surface area (Å²) in [5.41, 5.74) is 1.86. The molecule has 4 rings (SSSR count). The highest BCUT2D eigenvalue weighted by Crippen LogP contribution is 2.37. The van der Waals surface area contributed by atoms with Gasteiger partial charge >= 0.3 is 0 Å². The number of nitrogens with zero attached hydrogens (tertiary/aromatic N) is 2. The molecule has 4 N–H and O–H groups in total. The summed E-state index contributed by atoms with van der Waals surface area (Å²) >= 11 is 1.49. The van der Waals surface area contributed by atoms with Crippen LogP contribution in [0.4, 0.5) is 33.2 Å². The standard InChI is InChI=1S/C19H16FN5O2S/c1-10-18(27)24-15-8-12(5-6-16(15)28-10)23-19-21-9-14(20)17(25-19)22-11-3-2-4-13(26)7-11/h2-10,26H,1H3,(H,24,27)(H2,21,22,23,25). The van der Waals surface area contributed by atoms with E-state index >= 15 is 0 Å². The van der Waals surface area contributed by atoms with Crippen molar-refractivity contribution >= 4 is 46.5 Å². The van der Waals surface area contributed by atoms with E-state index in [0.717, 1.165) is 11.1 Å². The summed E-state index contributed by atoms with van der Waals surface area (Å²) in [4.78, 5) is 20.9. The van der Waals surface area contributed by atoms with Crippen molar-refractivity contribution in [3.05, 3.63) is 54.5 Å². The molecule has 1 atom stereocenters. The fourth-order valence-corrected chi connectivity index (χ4v) is 3.58. The number of rotatable bonds is 4. The minimum absolute atomic E-state index is 0.0289. The van der Waals surface area contributed by atoms with Crippen molar-refractivity contribution in [2.45, 2.75) is 17.1 Å². The summed E-state index contributed by atoms with van der Waals surface area (Å²) in [5, 5.41) is 18.1. The first-order valence-electron chi connectivity index (χ1n) is 8.45. The van der Waals surface area contributed by atoms with E-state index in [4.69, 9.17) is 0 Å². The molecule has 2 heterocycles. The van der Waals surface area contributed by atoms with Crippen molar-refractivity contribution in [1.82, 2.24) is 9.97 Å². The maximum atomic E-state index is 14.1. The Balaban J connectivity index is 1.56. The number of carbonyl (C=O) groups is 1. The molecule has 28 heavy (non-hydrogen) atoms. The van der Waals surface area contributed by atoms with Gasteiger partial charge in [0.25, 0.3) is 0 Å². The maximum Gasteiger partial charge on any atom is 0.237 e. The molecule has 0 saturated heterocycles. The van der Waals surface area contributed by atoms with E-state index in [9.17, 15) is 14.3 Å². The zero-order chi connectivity index (χ0) is 19.7. The van der Waals surface area contributed by atoms with E-state index in [-0.39, 0.29) is 28.7 Å². The number of amides is 1. The van der Waals surface area contributed by atoms with E-state index in [1.807, 2.05) is 19.1 Å². The van der Waals surface area contributed by atoms with Crippen LogP contribution >= 0.6 is 11.8 Å². The highest BCUT2D eigenvalue weighted by Gasteiger charge is 2.23. The predicted octanol–water partition coefficient (Wildman–Crippen LogP) is 4.24. The zero-order valence-electron chi connectivity index (χ0n) is 14.7. The molecule has 0 spiro atoms. The second-order valence-electron chi connectivity index (χ2n) is 6.15. The number of anilines is 5. The van der Waals surface area contributed by atoms with Crippen molar-refractivity contribution in [2.24, 2.45) is 0 Å². The number of hydrogen-bond acceptors (Lipinski definition) is 7. The van der Waals surface area contributed by atoms with Gasteiger partial charge in [0.05, 0.1) is 17.1 Å². The summed E-state index contributed by atoms with van der Waals surface area (Å²) in [7, 11) is 0. The van der Waals surface area contributed by atoms with Crippen LogP contribution in [0.3, 0.4) is 0 Å². The number of fused-ring (bicyclic) bond motifs is 1. The molecule has 0 fully saturated rings. The number of halogens is 1. The van der Waals surface area contributed by atoms with Gasteiger partial charge in [-0.05, 0) is 37.3 Å². The van der Waals surface area contributed by atoms with E-state index in [1.165, 1.54) is 23.9 Å². The van der Waals surface area contributed by atoms with Gasteiger partial charge in [-0.15, -0.1) is 11.8 Å². The number of phenolic OH excluding ortho intramolecular Hbond substituents is 1. The molecule has 0 saturated carbocycles. The van der Waals surface area contributed by atoms with Gasteiger partial charge < -0.3 is 21.1 Å².